The molecule has 0 aliphatic rings. The summed E-state index contributed by atoms with van der Waals surface area (Å²) in [6, 6.07) is 0. The second-order valence-electron chi connectivity index (χ2n) is 2.98. The van der Waals surface area contributed by atoms with E-state index in [9.17, 15) is 0 Å². The molecule has 0 aromatic carbocycles. The maximum atomic E-state index is 5.81. The molecule has 0 amide bonds. The molecule has 0 spiro atoms. The van der Waals surface area contributed by atoms with Gasteiger partial charge in [-0.1, -0.05) is 6.08 Å². The molecule has 0 atom stereocenters. The third kappa shape index (κ3) is 2.02. The molecule has 0 radical (unpaired) electrons. The van der Waals surface area contributed by atoms with Crippen LogP contribution >= 0.6 is 0 Å². The Bertz CT molecular complexity index is 301. The Balaban J connectivity index is 2.69. The van der Waals surface area contributed by atoms with E-state index in [4.69, 9.17) is 5.73 Å². The maximum absolute atomic E-state index is 5.81. The topological polar surface area (TPSA) is 55.9 Å². The van der Waals surface area contributed by atoms with Crippen molar-refractivity contribution >= 4 is 11.5 Å². The van der Waals surface area contributed by atoms with Gasteiger partial charge in [-0.15, -0.1) is 6.58 Å². The maximum Gasteiger partial charge on any atom is 0.147 e. The summed E-state index contributed by atoms with van der Waals surface area (Å²) >= 11 is 0. The smallest absolute Gasteiger partial charge is 0.147 e. The quantitative estimate of drug-likeness (QED) is 0.542. The predicted octanol–water partition coefficient (Wildman–Crippen LogP) is 1.30. The SMILES string of the molecule is C=CCCNc1c(N)c(C)nn1C. The minimum atomic E-state index is 0.728. The monoisotopic (exact) mass is 180 g/mol. The fourth-order valence-corrected chi connectivity index (χ4v) is 1.18. The van der Waals surface area contributed by atoms with Gasteiger partial charge in [0.2, 0.25) is 0 Å². The van der Waals surface area contributed by atoms with Crippen molar-refractivity contribution in [2.45, 2.75) is 13.3 Å². The van der Waals surface area contributed by atoms with Crippen molar-refractivity contribution in [1.29, 1.82) is 0 Å². The first kappa shape index (κ1) is 9.64. The molecule has 3 N–H and O–H groups in total. The number of anilines is 2. The van der Waals surface area contributed by atoms with Gasteiger partial charge < -0.3 is 11.1 Å². The highest BCUT2D eigenvalue weighted by Crippen LogP contribution is 2.20. The van der Waals surface area contributed by atoms with Crippen molar-refractivity contribution in [3.05, 3.63) is 18.3 Å². The first-order chi connectivity index (χ1) is 6.16. The summed E-state index contributed by atoms with van der Waals surface area (Å²) in [5.41, 5.74) is 7.41. The van der Waals surface area contributed by atoms with E-state index in [2.05, 4.69) is 17.0 Å². The number of nitrogen functional groups attached to an aromatic ring is 1. The molecule has 0 fully saturated rings. The van der Waals surface area contributed by atoms with Gasteiger partial charge >= 0.3 is 0 Å². The Kier molecular flexibility index (Phi) is 2.95. The molecule has 1 rings (SSSR count). The Hall–Kier alpha value is -1.45. The van der Waals surface area contributed by atoms with Crippen molar-refractivity contribution in [1.82, 2.24) is 9.78 Å². The minimum absolute atomic E-state index is 0.728. The lowest BCUT2D eigenvalue weighted by Crippen LogP contribution is -2.07. The average molecular weight is 180 g/mol. The van der Waals surface area contributed by atoms with Crippen LogP contribution < -0.4 is 11.1 Å². The highest BCUT2D eigenvalue weighted by Gasteiger charge is 2.07. The van der Waals surface area contributed by atoms with Gasteiger partial charge in [-0.25, -0.2) is 0 Å². The van der Waals surface area contributed by atoms with Crippen LogP contribution in [0.5, 0.6) is 0 Å². The van der Waals surface area contributed by atoms with E-state index < -0.39 is 0 Å². The van der Waals surface area contributed by atoms with Gasteiger partial charge in [-0.2, -0.15) is 5.10 Å². The zero-order chi connectivity index (χ0) is 9.84. The first-order valence-corrected chi connectivity index (χ1v) is 4.30. The Morgan fingerprint density at radius 2 is 2.38 bits per heavy atom. The third-order valence-electron chi connectivity index (χ3n) is 1.91. The normalized spacial score (nSPS) is 10.0. The molecule has 4 nitrogen and oxygen atoms in total. The van der Waals surface area contributed by atoms with Crippen molar-refractivity contribution in [3.8, 4) is 0 Å². The number of aromatic nitrogens is 2. The van der Waals surface area contributed by atoms with Crippen LogP contribution in [-0.4, -0.2) is 16.3 Å². The van der Waals surface area contributed by atoms with Crippen LogP contribution in [0.1, 0.15) is 12.1 Å². The van der Waals surface area contributed by atoms with Gasteiger partial charge in [0.05, 0.1) is 11.4 Å². The lowest BCUT2D eigenvalue weighted by molar-refractivity contribution is 0.758. The van der Waals surface area contributed by atoms with E-state index in [-0.39, 0.29) is 0 Å². The van der Waals surface area contributed by atoms with Crippen molar-refractivity contribution < 1.29 is 0 Å². The zero-order valence-corrected chi connectivity index (χ0v) is 8.17. The molecular formula is C9H16N4. The van der Waals surface area contributed by atoms with Crippen LogP contribution in [0.15, 0.2) is 12.7 Å². The number of aryl methyl sites for hydroxylation is 2. The number of nitrogens with two attached hydrogens (primary N) is 1. The summed E-state index contributed by atoms with van der Waals surface area (Å²) in [5.74, 6) is 0.888. The zero-order valence-electron chi connectivity index (χ0n) is 8.17. The van der Waals surface area contributed by atoms with Gasteiger partial charge in [-0.3, -0.25) is 4.68 Å². The van der Waals surface area contributed by atoms with Crippen LogP contribution in [0.3, 0.4) is 0 Å². The third-order valence-corrected chi connectivity index (χ3v) is 1.91. The standard InChI is InChI=1S/C9H16N4/c1-4-5-6-11-9-8(10)7(2)12-13(9)3/h4,11H,1,5-6,10H2,2-3H3. The first-order valence-electron chi connectivity index (χ1n) is 4.30. The molecule has 0 saturated heterocycles. The molecule has 0 aliphatic heterocycles. The van der Waals surface area contributed by atoms with E-state index in [1.165, 1.54) is 0 Å². The van der Waals surface area contributed by atoms with Crippen LogP contribution in [0, 0.1) is 6.92 Å². The summed E-state index contributed by atoms with van der Waals surface area (Å²) in [7, 11) is 1.87. The second kappa shape index (κ2) is 3.98. The van der Waals surface area contributed by atoms with Crippen LogP contribution in [0.4, 0.5) is 11.5 Å². The largest absolute Gasteiger partial charge is 0.394 e. The molecule has 0 saturated carbocycles. The Morgan fingerprint density at radius 1 is 1.69 bits per heavy atom. The van der Waals surface area contributed by atoms with Crippen molar-refractivity contribution in [2.75, 3.05) is 17.6 Å². The average Bonchev–Trinajstić information content (AvgIpc) is 2.32. The van der Waals surface area contributed by atoms with E-state index in [0.717, 1.165) is 30.2 Å². The summed E-state index contributed by atoms with van der Waals surface area (Å²) in [4.78, 5) is 0. The van der Waals surface area contributed by atoms with Crippen LogP contribution in [-0.2, 0) is 7.05 Å². The fraction of sp³-hybridized carbons (Fsp3) is 0.444. The highest BCUT2D eigenvalue weighted by atomic mass is 15.3. The minimum Gasteiger partial charge on any atom is -0.394 e. The summed E-state index contributed by atoms with van der Waals surface area (Å²) < 4.78 is 1.76. The molecule has 0 bridgehead atoms. The number of nitrogens with zero attached hydrogens (tertiary/aromatic N) is 2. The van der Waals surface area contributed by atoms with Gasteiger partial charge in [-0.05, 0) is 13.3 Å². The molecule has 0 unspecified atom stereocenters. The molecule has 13 heavy (non-hydrogen) atoms. The molecule has 1 aromatic heterocycles. The van der Waals surface area contributed by atoms with E-state index >= 15 is 0 Å². The molecular weight excluding hydrogens is 164 g/mol. The number of hydrogen-bond donors (Lipinski definition) is 2. The van der Waals surface area contributed by atoms with Gasteiger partial charge in [0.25, 0.3) is 0 Å². The number of hydrogen-bond acceptors (Lipinski definition) is 3. The van der Waals surface area contributed by atoms with E-state index in [1.807, 2.05) is 20.0 Å². The summed E-state index contributed by atoms with van der Waals surface area (Å²) in [6.07, 6.45) is 2.79. The Morgan fingerprint density at radius 3 is 2.85 bits per heavy atom. The molecule has 1 aromatic rings. The number of nitrogens with one attached hydrogen (secondary N) is 1. The highest BCUT2D eigenvalue weighted by molar-refractivity contribution is 5.64. The molecule has 1 heterocycles. The lowest BCUT2D eigenvalue weighted by atomic mass is 10.3. The van der Waals surface area contributed by atoms with Gasteiger partial charge in [0, 0.05) is 13.6 Å². The number of rotatable bonds is 4. The van der Waals surface area contributed by atoms with E-state index in [0.29, 0.717) is 0 Å². The Labute approximate surface area is 78.4 Å². The fourth-order valence-electron chi connectivity index (χ4n) is 1.18. The van der Waals surface area contributed by atoms with E-state index in [1.54, 1.807) is 4.68 Å². The summed E-state index contributed by atoms with van der Waals surface area (Å²) in [6.45, 7) is 6.39. The van der Waals surface area contributed by atoms with Crippen molar-refractivity contribution in [3.63, 3.8) is 0 Å². The van der Waals surface area contributed by atoms with Crippen molar-refractivity contribution in [2.24, 2.45) is 7.05 Å². The van der Waals surface area contributed by atoms with Gasteiger partial charge in [0.15, 0.2) is 0 Å². The molecule has 72 valence electrons. The van der Waals surface area contributed by atoms with Gasteiger partial charge in [0.1, 0.15) is 5.82 Å². The second-order valence-corrected chi connectivity index (χ2v) is 2.98. The predicted molar refractivity (Wildman–Crippen MR) is 55.7 cm³/mol. The van der Waals surface area contributed by atoms with Crippen LogP contribution in [0.25, 0.3) is 0 Å². The summed E-state index contributed by atoms with van der Waals surface area (Å²) in [5, 5.41) is 7.40. The molecule has 4 heteroatoms. The molecule has 0 aliphatic carbocycles. The van der Waals surface area contributed by atoms with Crippen LogP contribution in [0.2, 0.25) is 0 Å². The lowest BCUT2D eigenvalue weighted by Gasteiger charge is -2.05.